The van der Waals surface area contributed by atoms with Gasteiger partial charge in [0.25, 0.3) is 0 Å². The Labute approximate surface area is 140 Å². The Morgan fingerprint density at radius 3 is 2.00 bits per heavy atom. The standard InChI is InChI=1S/C20H34Si2/c1-8-9-12-18-15-21(6,16(2)3)19-13-10-11-14-20(19)22(18,7)17(4)5/h10-11,13-17H,8-9,12H2,1-7H3/t21-,22-/m0/s1. The predicted octanol–water partition coefficient (Wildman–Crippen LogP) is 5.29. The van der Waals surface area contributed by atoms with E-state index in [-0.39, 0.29) is 0 Å². The zero-order valence-corrected chi connectivity index (χ0v) is 17.7. The Bertz CT molecular complexity index is 559. The number of fused-ring (bicyclic) bond motifs is 1. The van der Waals surface area contributed by atoms with Gasteiger partial charge in [-0.25, -0.2) is 0 Å². The van der Waals surface area contributed by atoms with Gasteiger partial charge in [0.05, 0.1) is 0 Å². The molecule has 122 valence electrons. The van der Waals surface area contributed by atoms with Crippen molar-refractivity contribution in [3.63, 3.8) is 0 Å². The minimum atomic E-state index is -1.54. The number of benzene rings is 1. The maximum Gasteiger partial charge on any atom is 0.112 e. The van der Waals surface area contributed by atoms with Crippen molar-refractivity contribution in [2.75, 3.05) is 0 Å². The fourth-order valence-electron chi connectivity index (χ4n) is 4.03. The molecule has 2 rings (SSSR count). The molecule has 0 spiro atoms. The van der Waals surface area contributed by atoms with Crippen LogP contribution in [0.4, 0.5) is 0 Å². The quantitative estimate of drug-likeness (QED) is 0.644. The van der Waals surface area contributed by atoms with Gasteiger partial charge in [0.15, 0.2) is 0 Å². The maximum absolute atomic E-state index is 2.84. The van der Waals surface area contributed by atoms with Crippen molar-refractivity contribution >= 4 is 26.5 Å². The van der Waals surface area contributed by atoms with Crippen molar-refractivity contribution in [1.82, 2.24) is 0 Å². The molecule has 0 N–H and O–H groups in total. The average molecular weight is 331 g/mol. The molecule has 2 heteroatoms. The Kier molecular flexibility index (Phi) is 5.23. The number of unbranched alkanes of at least 4 members (excludes halogenated alkanes) is 1. The molecule has 1 aliphatic rings. The number of hydrogen-bond acceptors (Lipinski definition) is 0. The highest BCUT2D eigenvalue weighted by Crippen LogP contribution is 2.37. The van der Waals surface area contributed by atoms with E-state index in [0.717, 1.165) is 11.1 Å². The second kappa shape index (κ2) is 6.48. The van der Waals surface area contributed by atoms with Crippen LogP contribution in [0, 0.1) is 0 Å². The van der Waals surface area contributed by atoms with Crippen LogP contribution in [0.5, 0.6) is 0 Å². The van der Waals surface area contributed by atoms with Crippen LogP contribution in [0.15, 0.2) is 35.2 Å². The molecule has 0 nitrogen and oxygen atoms in total. The van der Waals surface area contributed by atoms with Crippen molar-refractivity contribution in [2.24, 2.45) is 0 Å². The minimum absolute atomic E-state index is 0.774. The van der Waals surface area contributed by atoms with Crippen molar-refractivity contribution in [3.8, 4) is 0 Å². The third kappa shape index (κ3) is 2.69. The Morgan fingerprint density at radius 1 is 0.909 bits per heavy atom. The highest BCUT2D eigenvalue weighted by Gasteiger charge is 2.47. The minimum Gasteiger partial charge on any atom is -0.0942 e. The van der Waals surface area contributed by atoms with Crippen molar-refractivity contribution in [2.45, 2.75) is 78.1 Å². The summed E-state index contributed by atoms with van der Waals surface area (Å²) >= 11 is 0. The number of hydrogen-bond donors (Lipinski definition) is 0. The van der Waals surface area contributed by atoms with Gasteiger partial charge in [-0.2, -0.15) is 0 Å². The van der Waals surface area contributed by atoms with E-state index in [4.69, 9.17) is 0 Å². The molecular formula is C20H34Si2. The highest BCUT2D eigenvalue weighted by molar-refractivity contribution is 7.09. The fraction of sp³-hybridized carbons (Fsp3) is 0.600. The van der Waals surface area contributed by atoms with Crippen LogP contribution in [-0.2, 0) is 0 Å². The van der Waals surface area contributed by atoms with Gasteiger partial charge in [-0.3, -0.25) is 0 Å². The summed E-state index contributed by atoms with van der Waals surface area (Å²) in [7, 11) is -3.05. The highest BCUT2D eigenvalue weighted by atomic mass is 28.3. The molecule has 2 atom stereocenters. The maximum atomic E-state index is 2.84. The lowest BCUT2D eigenvalue weighted by Crippen LogP contribution is -2.67. The number of rotatable bonds is 5. The van der Waals surface area contributed by atoms with E-state index in [0.29, 0.717) is 0 Å². The van der Waals surface area contributed by atoms with Gasteiger partial charge in [0, 0.05) is 0 Å². The zero-order chi connectivity index (χ0) is 16.5. The Hall–Kier alpha value is -0.606. The normalized spacial score (nSPS) is 28.0. The summed E-state index contributed by atoms with van der Waals surface area (Å²) in [5, 5.41) is 5.38. The molecule has 1 aromatic rings. The fourth-order valence-corrected chi connectivity index (χ4v) is 14.3. The summed E-state index contributed by atoms with van der Waals surface area (Å²) in [4.78, 5) is 0. The largest absolute Gasteiger partial charge is 0.112 e. The van der Waals surface area contributed by atoms with Crippen molar-refractivity contribution in [3.05, 3.63) is 35.2 Å². The summed E-state index contributed by atoms with van der Waals surface area (Å²) < 4.78 is 0. The summed E-state index contributed by atoms with van der Waals surface area (Å²) in [6.45, 7) is 17.4. The molecule has 22 heavy (non-hydrogen) atoms. The van der Waals surface area contributed by atoms with E-state index in [2.05, 4.69) is 77.7 Å². The van der Waals surface area contributed by atoms with E-state index >= 15 is 0 Å². The molecule has 1 aliphatic heterocycles. The van der Waals surface area contributed by atoms with Crippen LogP contribution < -0.4 is 10.4 Å². The van der Waals surface area contributed by atoms with Crippen LogP contribution in [0.2, 0.25) is 24.2 Å². The molecule has 0 unspecified atom stereocenters. The van der Waals surface area contributed by atoms with E-state index in [1.807, 2.05) is 5.20 Å². The molecule has 0 saturated heterocycles. The molecule has 1 aromatic carbocycles. The second-order valence-electron chi connectivity index (χ2n) is 8.11. The molecular weight excluding hydrogens is 296 g/mol. The van der Waals surface area contributed by atoms with Crippen molar-refractivity contribution < 1.29 is 0 Å². The molecule has 0 aliphatic carbocycles. The summed E-state index contributed by atoms with van der Waals surface area (Å²) in [6.07, 6.45) is 3.99. The first-order chi connectivity index (χ1) is 10.3. The first kappa shape index (κ1) is 17.7. The van der Waals surface area contributed by atoms with Gasteiger partial charge in [-0.05, 0) is 17.5 Å². The summed E-state index contributed by atoms with van der Waals surface area (Å²) in [6, 6.07) is 9.49. The van der Waals surface area contributed by atoms with Gasteiger partial charge in [0.1, 0.15) is 16.1 Å². The second-order valence-corrected chi connectivity index (χ2v) is 17.4. The molecule has 0 fully saturated rings. The molecule has 0 saturated carbocycles. The van der Waals surface area contributed by atoms with E-state index < -0.39 is 16.1 Å². The van der Waals surface area contributed by atoms with Gasteiger partial charge < -0.3 is 0 Å². The van der Waals surface area contributed by atoms with Crippen LogP contribution in [-0.4, -0.2) is 16.1 Å². The molecule has 1 heterocycles. The Morgan fingerprint density at radius 2 is 1.50 bits per heavy atom. The van der Waals surface area contributed by atoms with Gasteiger partial charge in [-0.15, -0.1) is 0 Å². The molecule has 0 aromatic heterocycles. The lowest BCUT2D eigenvalue weighted by atomic mass is 10.2. The van der Waals surface area contributed by atoms with Crippen LogP contribution in [0.25, 0.3) is 0 Å². The van der Waals surface area contributed by atoms with E-state index in [1.165, 1.54) is 19.3 Å². The Balaban J connectivity index is 2.69. The smallest absolute Gasteiger partial charge is 0.0942 e. The van der Waals surface area contributed by atoms with E-state index in [9.17, 15) is 0 Å². The zero-order valence-electron chi connectivity index (χ0n) is 15.7. The summed E-state index contributed by atoms with van der Waals surface area (Å²) in [5.41, 5.74) is 4.39. The third-order valence-electron chi connectivity index (χ3n) is 6.36. The monoisotopic (exact) mass is 330 g/mol. The molecule has 0 radical (unpaired) electrons. The number of allylic oxidation sites excluding steroid dienone is 1. The average Bonchev–Trinajstić information content (AvgIpc) is 2.49. The van der Waals surface area contributed by atoms with Gasteiger partial charge in [-0.1, -0.05) is 106 Å². The van der Waals surface area contributed by atoms with Gasteiger partial charge in [0.2, 0.25) is 0 Å². The first-order valence-corrected chi connectivity index (χ1v) is 14.3. The van der Waals surface area contributed by atoms with Crippen LogP contribution in [0.1, 0.15) is 53.9 Å². The molecule has 0 bridgehead atoms. The third-order valence-corrected chi connectivity index (χ3v) is 17.4. The SMILES string of the molecule is CCCCC1=C[Si@@](C)(C(C)C)c2ccccc2[Si@@]1(C)C(C)C. The van der Waals surface area contributed by atoms with E-state index in [1.54, 1.807) is 10.4 Å². The lowest BCUT2D eigenvalue weighted by Gasteiger charge is -2.46. The molecule has 0 amide bonds. The first-order valence-electron chi connectivity index (χ1n) is 9.10. The lowest BCUT2D eigenvalue weighted by molar-refractivity contribution is 0.799. The topological polar surface area (TPSA) is 0 Å². The predicted molar refractivity (Wildman–Crippen MR) is 107 cm³/mol. The van der Waals surface area contributed by atoms with Crippen LogP contribution >= 0.6 is 0 Å². The van der Waals surface area contributed by atoms with Gasteiger partial charge >= 0.3 is 0 Å². The summed E-state index contributed by atoms with van der Waals surface area (Å²) in [5.74, 6) is 0. The van der Waals surface area contributed by atoms with Crippen molar-refractivity contribution in [1.29, 1.82) is 0 Å². The van der Waals surface area contributed by atoms with Crippen LogP contribution in [0.3, 0.4) is 0 Å².